The number of carbonyl (C=O) groups is 1. The van der Waals surface area contributed by atoms with Crippen LogP contribution in [0.5, 0.6) is 0 Å². The van der Waals surface area contributed by atoms with Crippen LogP contribution in [-0.4, -0.2) is 15.9 Å². The Labute approximate surface area is 151 Å². The molecule has 126 valence electrons. The maximum atomic E-state index is 12.4. The van der Waals surface area contributed by atoms with Gasteiger partial charge in [-0.15, -0.1) is 0 Å². The summed E-state index contributed by atoms with van der Waals surface area (Å²) in [4.78, 5) is 20.9. The number of nitrogens with one attached hydrogen (secondary N) is 2. The van der Waals surface area contributed by atoms with Gasteiger partial charge in [0.05, 0.1) is 0 Å². The number of anilines is 3. The molecule has 0 radical (unpaired) electrons. The fourth-order valence-corrected chi connectivity index (χ4v) is 2.56. The molecule has 2 N–H and O–H groups in total. The lowest BCUT2D eigenvalue weighted by atomic mass is 10.2. The summed E-state index contributed by atoms with van der Waals surface area (Å²) < 4.78 is 0. The van der Waals surface area contributed by atoms with Crippen molar-refractivity contribution in [1.82, 2.24) is 9.97 Å². The number of benzene rings is 2. The van der Waals surface area contributed by atoms with Crippen molar-refractivity contribution in [3.8, 4) is 0 Å². The number of carbonyl (C=O) groups excluding carboxylic acids is 1. The van der Waals surface area contributed by atoms with E-state index in [0.29, 0.717) is 11.0 Å². The summed E-state index contributed by atoms with van der Waals surface area (Å²) in [6, 6.07) is 14.6. The van der Waals surface area contributed by atoms with Gasteiger partial charge in [-0.25, -0.2) is 9.97 Å². The Bertz CT molecular complexity index is 927. The maximum absolute atomic E-state index is 12.4. The molecule has 0 aliphatic heterocycles. The van der Waals surface area contributed by atoms with Crippen molar-refractivity contribution >= 4 is 34.8 Å². The zero-order valence-corrected chi connectivity index (χ0v) is 14.6. The number of hydrogen-bond donors (Lipinski definition) is 2. The summed E-state index contributed by atoms with van der Waals surface area (Å²) in [5.41, 5.74) is 3.83. The van der Waals surface area contributed by atoms with Crippen LogP contribution in [0.3, 0.4) is 0 Å². The number of halogens is 1. The van der Waals surface area contributed by atoms with Crippen LogP contribution in [0.15, 0.2) is 54.7 Å². The standard InChI is InChI=1S/C19H17ClN4O/c1-12-5-3-4-6-15(12)22-18(25)17-9-10-21-19(24-17)23-16-8-7-14(20)11-13(16)2/h3-11H,1-2H3,(H,22,25)(H,21,23,24). The van der Waals surface area contributed by atoms with Crippen LogP contribution < -0.4 is 10.6 Å². The topological polar surface area (TPSA) is 66.9 Å². The molecule has 1 heterocycles. The molecule has 1 aromatic heterocycles. The van der Waals surface area contributed by atoms with Crippen LogP contribution in [-0.2, 0) is 0 Å². The lowest BCUT2D eigenvalue weighted by Gasteiger charge is -2.10. The van der Waals surface area contributed by atoms with E-state index in [1.165, 1.54) is 0 Å². The average Bonchev–Trinajstić information content (AvgIpc) is 2.60. The maximum Gasteiger partial charge on any atom is 0.274 e. The van der Waals surface area contributed by atoms with Gasteiger partial charge >= 0.3 is 0 Å². The Morgan fingerprint density at radius 1 is 1.00 bits per heavy atom. The van der Waals surface area contributed by atoms with E-state index >= 15 is 0 Å². The molecule has 1 amide bonds. The number of para-hydroxylation sites is 1. The van der Waals surface area contributed by atoms with Gasteiger partial charge in [-0.2, -0.15) is 0 Å². The van der Waals surface area contributed by atoms with Gasteiger partial charge in [-0.3, -0.25) is 4.79 Å². The van der Waals surface area contributed by atoms with Crippen molar-refractivity contribution in [3.05, 3.63) is 76.6 Å². The molecule has 0 unspecified atom stereocenters. The van der Waals surface area contributed by atoms with Gasteiger partial charge in [0, 0.05) is 22.6 Å². The van der Waals surface area contributed by atoms with Crippen LogP contribution in [0.2, 0.25) is 5.02 Å². The smallest absolute Gasteiger partial charge is 0.274 e. The monoisotopic (exact) mass is 352 g/mol. The first-order valence-electron chi connectivity index (χ1n) is 7.76. The van der Waals surface area contributed by atoms with E-state index in [1.54, 1.807) is 18.3 Å². The Hall–Kier alpha value is -2.92. The normalized spacial score (nSPS) is 10.4. The lowest BCUT2D eigenvalue weighted by molar-refractivity contribution is 0.102. The van der Waals surface area contributed by atoms with Gasteiger partial charge in [0.15, 0.2) is 0 Å². The quantitative estimate of drug-likeness (QED) is 0.711. The van der Waals surface area contributed by atoms with Crippen molar-refractivity contribution in [2.45, 2.75) is 13.8 Å². The summed E-state index contributed by atoms with van der Waals surface area (Å²) >= 11 is 5.96. The van der Waals surface area contributed by atoms with E-state index in [0.717, 1.165) is 22.5 Å². The third kappa shape index (κ3) is 4.14. The summed E-state index contributed by atoms with van der Waals surface area (Å²) in [5.74, 6) is 0.0652. The van der Waals surface area contributed by atoms with Crippen LogP contribution in [0.1, 0.15) is 21.6 Å². The summed E-state index contributed by atoms with van der Waals surface area (Å²) in [5, 5.41) is 6.63. The molecule has 6 heteroatoms. The molecule has 5 nitrogen and oxygen atoms in total. The van der Waals surface area contributed by atoms with Crippen molar-refractivity contribution in [2.24, 2.45) is 0 Å². The molecule has 0 saturated heterocycles. The number of aromatic nitrogens is 2. The molecule has 3 aromatic rings. The summed E-state index contributed by atoms with van der Waals surface area (Å²) in [6.45, 7) is 3.87. The predicted molar refractivity (Wildman–Crippen MR) is 101 cm³/mol. The molecule has 25 heavy (non-hydrogen) atoms. The molecule has 3 rings (SSSR count). The zero-order valence-electron chi connectivity index (χ0n) is 13.9. The highest BCUT2D eigenvalue weighted by Gasteiger charge is 2.11. The van der Waals surface area contributed by atoms with Gasteiger partial charge in [-0.05, 0) is 55.3 Å². The molecule has 0 bridgehead atoms. The van der Waals surface area contributed by atoms with Gasteiger partial charge in [0.25, 0.3) is 5.91 Å². The first-order valence-corrected chi connectivity index (χ1v) is 8.14. The molecule has 0 atom stereocenters. The van der Waals surface area contributed by atoms with E-state index in [9.17, 15) is 4.79 Å². The molecular weight excluding hydrogens is 336 g/mol. The first kappa shape index (κ1) is 16.9. The first-order chi connectivity index (χ1) is 12.0. The van der Waals surface area contributed by atoms with Crippen molar-refractivity contribution in [1.29, 1.82) is 0 Å². The predicted octanol–water partition coefficient (Wildman–Crippen LogP) is 4.74. The minimum absolute atomic E-state index is 0.285. The van der Waals surface area contributed by atoms with Gasteiger partial charge in [0.1, 0.15) is 5.69 Å². The van der Waals surface area contributed by atoms with E-state index < -0.39 is 0 Å². The molecular formula is C19H17ClN4O. The van der Waals surface area contributed by atoms with Gasteiger partial charge in [-0.1, -0.05) is 29.8 Å². The van der Waals surface area contributed by atoms with Crippen molar-refractivity contribution in [2.75, 3.05) is 10.6 Å². The molecule has 0 aliphatic rings. The van der Waals surface area contributed by atoms with Crippen LogP contribution in [0, 0.1) is 13.8 Å². The largest absolute Gasteiger partial charge is 0.324 e. The fraction of sp³-hybridized carbons (Fsp3) is 0.105. The highest BCUT2D eigenvalue weighted by Crippen LogP contribution is 2.22. The number of aryl methyl sites for hydroxylation is 2. The Morgan fingerprint density at radius 3 is 2.56 bits per heavy atom. The van der Waals surface area contributed by atoms with Crippen molar-refractivity contribution < 1.29 is 4.79 Å². The number of hydrogen-bond acceptors (Lipinski definition) is 4. The second-order valence-corrected chi connectivity index (χ2v) is 6.06. The summed E-state index contributed by atoms with van der Waals surface area (Å²) in [7, 11) is 0. The van der Waals surface area contributed by atoms with Gasteiger partial charge in [0.2, 0.25) is 5.95 Å². The number of rotatable bonds is 4. The molecule has 0 fully saturated rings. The SMILES string of the molecule is Cc1ccccc1NC(=O)c1ccnc(Nc2ccc(Cl)cc2C)n1. The second-order valence-electron chi connectivity index (χ2n) is 5.62. The lowest BCUT2D eigenvalue weighted by Crippen LogP contribution is -2.15. The zero-order chi connectivity index (χ0) is 17.8. The Balaban J connectivity index is 1.79. The van der Waals surface area contributed by atoms with E-state index in [1.807, 2.05) is 50.2 Å². The second kappa shape index (κ2) is 7.32. The third-order valence-electron chi connectivity index (χ3n) is 3.72. The third-order valence-corrected chi connectivity index (χ3v) is 3.95. The highest BCUT2D eigenvalue weighted by molar-refractivity contribution is 6.30. The Morgan fingerprint density at radius 2 is 1.80 bits per heavy atom. The molecule has 0 aliphatic carbocycles. The minimum atomic E-state index is -0.285. The molecule has 0 saturated carbocycles. The molecule has 2 aromatic carbocycles. The van der Waals surface area contributed by atoms with Crippen LogP contribution in [0.4, 0.5) is 17.3 Å². The minimum Gasteiger partial charge on any atom is -0.324 e. The molecule has 0 spiro atoms. The van der Waals surface area contributed by atoms with E-state index in [2.05, 4.69) is 20.6 Å². The fourth-order valence-electron chi connectivity index (χ4n) is 2.33. The van der Waals surface area contributed by atoms with Gasteiger partial charge < -0.3 is 10.6 Å². The number of amides is 1. The number of nitrogens with zero attached hydrogens (tertiary/aromatic N) is 2. The van der Waals surface area contributed by atoms with Crippen LogP contribution >= 0.6 is 11.6 Å². The van der Waals surface area contributed by atoms with Crippen molar-refractivity contribution in [3.63, 3.8) is 0 Å². The Kier molecular flexibility index (Phi) is 4.95. The van der Waals surface area contributed by atoms with E-state index in [4.69, 9.17) is 11.6 Å². The van der Waals surface area contributed by atoms with E-state index in [-0.39, 0.29) is 11.6 Å². The average molecular weight is 353 g/mol. The summed E-state index contributed by atoms with van der Waals surface area (Å²) in [6.07, 6.45) is 1.55. The highest BCUT2D eigenvalue weighted by atomic mass is 35.5. The van der Waals surface area contributed by atoms with Crippen LogP contribution in [0.25, 0.3) is 0 Å².